The molecule has 0 saturated heterocycles. The molecule has 3 aromatic rings. The Morgan fingerprint density at radius 3 is 2.53 bits per heavy atom. The summed E-state index contributed by atoms with van der Waals surface area (Å²) in [5.74, 6) is -0.0693. The molecule has 2 aromatic carbocycles. The van der Waals surface area contributed by atoms with E-state index in [1.54, 1.807) is 31.4 Å². The van der Waals surface area contributed by atoms with E-state index >= 15 is 0 Å². The minimum atomic E-state index is -0.808. The maximum absolute atomic E-state index is 13.3. The summed E-state index contributed by atoms with van der Waals surface area (Å²) in [4.78, 5) is 28.1. The Labute approximate surface area is 210 Å². The number of carbonyl (C=O) groups is 2. The predicted octanol–water partition coefficient (Wildman–Crippen LogP) is 5.53. The maximum atomic E-state index is 13.3. The number of aliphatic hydroxyl groups excluding tert-OH is 1. The van der Waals surface area contributed by atoms with Gasteiger partial charge >= 0.3 is 0 Å². The van der Waals surface area contributed by atoms with E-state index in [-0.39, 0.29) is 11.3 Å². The highest BCUT2D eigenvalue weighted by atomic mass is 16.5. The standard InChI is InChI=1S/C29H31NO6/c1-19(2)14-17-36-22-12-11-21(18-24(22)34-3)26-25(27(31)23-10-7-16-35-23)28(32)29(33)30(26)15-13-20-8-5-4-6-9-20/h4-12,16,18-19,26,32H,13-15,17H2,1-3H3. The van der Waals surface area contributed by atoms with Gasteiger partial charge in [0, 0.05) is 6.54 Å². The lowest BCUT2D eigenvalue weighted by Gasteiger charge is -2.27. The van der Waals surface area contributed by atoms with E-state index < -0.39 is 23.5 Å². The van der Waals surface area contributed by atoms with Crippen molar-refractivity contribution < 1.29 is 28.6 Å². The zero-order valence-electron chi connectivity index (χ0n) is 20.8. The van der Waals surface area contributed by atoms with Crippen LogP contribution in [0, 0.1) is 5.92 Å². The van der Waals surface area contributed by atoms with Crippen molar-refractivity contribution in [1.82, 2.24) is 4.90 Å². The van der Waals surface area contributed by atoms with Crippen molar-refractivity contribution in [3.05, 3.63) is 95.1 Å². The molecule has 1 atom stereocenters. The molecule has 7 heteroatoms. The number of nitrogens with zero attached hydrogens (tertiary/aromatic N) is 1. The van der Waals surface area contributed by atoms with Gasteiger partial charge in [0.05, 0.1) is 31.6 Å². The summed E-state index contributed by atoms with van der Waals surface area (Å²) in [7, 11) is 1.55. The molecule has 1 N–H and O–H groups in total. The van der Waals surface area contributed by atoms with Gasteiger partial charge in [-0.05, 0) is 54.2 Å². The van der Waals surface area contributed by atoms with Crippen molar-refractivity contribution in [1.29, 1.82) is 0 Å². The second kappa shape index (κ2) is 11.2. The number of furan rings is 1. The Morgan fingerprint density at radius 2 is 1.86 bits per heavy atom. The lowest BCUT2D eigenvalue weighted by atomic mass is 9.94. The smallest absolute Gasteiger partial charge is 0.290 e. The average Bonchev–Trinajstić information content (AvgIpc) is 3.50. The average molecular weight is 490 g/mol. The van der Waals surface area contributed by atoms with Gasteiger partial charge in [-0.1, -0.05) is 50.2 Å². The van der Waals surface area contributed by atoms with Crippen LogP contribution < -0.4 is 9.47 Å². The molecule has 1 aliphatic heterocycles. The van der Waals surface area contributed by atoms with Crippen LogP contribution in [0.3, 0.4) is 0 Å². The number of hydrogen-bond donors (Lipinski definition) is 1. The third-order valence-electron chi connectivity index (χ3n) is 6.23. The Bertz CT molecular complexity index is 1230. The highest BCUT2D eigenvalue weighted by molar-refractivity contribution is 6.15. The van der Waals surface area contributed by atoms with E-state index in [1.807, 2.05) is 30.3 Å². The summed E-state index contributed by atoms with van der Waals surface area (Å²) in [5, 5.41) is 10.8. The molecular formula is C29H31NO6. The molecule has 7 nitrogen and oxygen atoms in total. The van der Waals surface area contributed by atoms with E-state index in [1.165, 1.54) is 17.2 Å². The predicted molar refractivity (Wildman–Crippen MR) is 135 cm³/mol. The second-order valence-corrected chi connectivity index (χ2v) is 9.15. The highest BCUT2D eigenvalue weighted by Gasteiger charge is 2.44. The van der Waals surface area contributed by atoms with Crippen LogP contribution in [-0.2, 0) is 11.2 Å². The summed E-state index contributed by atoms with van der Waals surface area (Å²) in [6, 6.07) is 17.4. The number of methoxy groups -OCH3 is 1. The quantitative estimate of drug-likeness (QED) is 0.356. The van der Waals surface area contributed by atoms with Crippen LogP contribution in [0.25, 0.3) is 0 Å². The zero-order valence-corrected chi connectivity index (χ0v) is 20.8. The van der Waals surface area contributed by atoms with Crippen molar-refractivity contribution in [2.75, 3.05) is 20.3 Å². The first-order valence-corrected chi connectivity index (χ1v) is 12.1. The van der Waals surface area contributed by atoms with Crippen LogP contribution in [0.5, 0.6) is 11.5 Å². The summed E-state index contributed by atoms with van der Waals surface area (Å²) >= 11 is 0. The maximum Gasteiger partial charge on any atom is 0.290 e. The number of hydrogen-bond acceptors (Lipinski definition) is 6. The molecule has 0 bridgehead atoms. The van der Waals surface area contributed by atoms with Gasteiger partial charge in [0.15, 0.2) is 23.0 Å². The first-order chi connectivity index (χ1) is 17.4. The number of aliphatic hydroxyl groups is 1. The van der Waals surface area contributed by atoms with E-state index in [9.17, 15) is 14.7 Å². The Balaban J connectivity index is 1.69. The third-order valence-corrected chi connectivity index (χ3v) is 6.23. The van der Waals surface area contributed by atoms with E-state index in [0.717, 1.165) is 12.0 Å². The molecule has 0 fully saturated rings. The molecule has 0 radical (unpaired) electrons. The molecule has 1 aliphatic rings. The van der Waals surface area contributed by atoms with Crippen molar-refractivity contribution >= 4 is 11.7 Å². The van der Waals surface area contributed by atoms with Crippen LogP contribution in [-0.4, -0.2) is 42.0 Å². The van der Waals surface area contributed by atoms with Gasteiger partial charge in [-0.3, -0.25) is 9.59 Å². The zero-order chi connectivity index (χ0) is 25.7. The fourth-order valence-electron chi connectivity index (χ4n) is 4.28. The van der Waals surface area contributed by atoms with Crippen molar-refractivity contribution in [3.63, 3.8) is 0 Å². The van der Waals surface area contributed by atoms with Gasteiger partial charge < -0.3 is 23.9 Å². The minimum Gasteiger partial charge on any atom is -0.503 e. The van der Waals surface area contributed by atoms with Gasteiger partial charge in [-0.2, -0.15) is 0 Å². The van der Waals surface area contributed by atoms with Gasteiger partial charge in [0.25, 0.3) is 5.91 Å². The molecule has 1 aromatic heterocycles. The molecular weight excluding hydrogens is 458 g/mol. The molecule has 36 heavy (non-hydrogen) atoms. The van der Waals surface area contributed by atoms with Gasteiger partial charge in [-0.15, -0.1) is 0 Å². The van der Waals surface area contributed by atoms with Crippen LogP contribution in [0.2, 0.25) is 0 Å². The highest BCUT2D eigenvalue weighted by Crippen LogP contribution is 2.41. The van der Waals surface area contributed by atoms with E-state index in [2.05, 4.69) is 13.8 Å². The topological polar surface area (TPSA) is 89.2 Å². The number of benzene rings is 2. The van der Waals surface area contributed by atoms with Gasteiger partial charge in [-0.25, -0.2) is 0 Å². The number of ether oxygens (including phenoxy) is 2. The SMILES string of the molecule is COc1cc(C2C(C(=O)c3ccco3)=C(O)C(=O)N2CCc2ccccc2)ccc1OCCC(C)C. The van der Waals surface area contributed by atoms with E-state index in [4.69, 9.17) is 13.9 Å². The fourth-order valence-corrected chi connectivity index (χ4v) is 4.28. The summed E-state index contributed by atoms with van der Waals surface area (Å²) in [6.45, 7) is 5.10. The molecule has 4 rings (SSSR count). The number of ketones is 1. The van der Waals surface area contributed by atoms with Gasteiger partial charge in [0.1, 0.15) is 0 Å². The molecule has 1 unspecified atom stereocenters. The number of rotatable bonds is 11. The Kier molecular flexibility index (Phi) is 7.78. The third kappa shape index (κ3) is 5.30. The fraction of sp³-hybridized carbons (Fsp3) is 0.310. The number of amides is 1. The van der Waals surface area contributed by atoms with Crippen LogP contribution in [0.4, 0.5) is 0 Å². The summed E-state index contributed by atoms with van der Waals surface area (Å²) in [6.07, 6.45) is 2.84. The minimum absolute atomic E-state index is 0.0152. The normalized spacial score (nSPS) is 15.6. The Hall–Kier alpha value is -4.00. The van der Waals surface area contributed by atoms with Crippen LogP contribution in [0.15, 0.2) is 82.7 Å². The molecule has 0 aliphatic carbocycles. The largest absolute Gasteiger partial charge is 0.503 e. The van der Waals surface area contributed by atoms with Crippen LogP contribution >= 0.6 is 0 Å². The molecule has 188 valence electrons. The van der Waals surface area contributed by atoms with Crippen molar-refractivity contribution in [2.45, 2.75) is 32.7 Å². The molecule has 0 spiro atoms. The lowest BCUT2D eigenvalue weighted by molar-refractivity contribution is -0.129. The molecule has 2 heterocycles. The van der Waals surface area contributed by atoms with Crippen LogP contribution in [0.1, 0.15) is 48.0 Å². The Morgan fingerprint density at radius 1 is 1.08 bits per heavy atom. The second-order valence-electron chi connectivity index (χ2n) is 9.15. The summed E-state index contributed by atoms with van der Waals surface area (Å²) < 4.78 is 16.8. The monoisotopic (exact) mass is 489 g/mol. The molecule has 1 amide bonds. The number of Topliss-reactive ketones (excluding diaryl/α,β-unsaturated/α-hetero) is 1. The lowest BCUT2D eigenvalue weighted by Crippen LogP contribution is -2.33. The summed E-state index contributed by atoms with van der Waals surface area (Å²) in [5.41, 5.74) is 1.66. The van der Waals surface area contributed by atoms with E-state index in [0.29, 0.717) is 42.6 Å². The van der Waals surface area contributed by atoms with Crippen molar-refractivity contribution in [2.24, 2.45) is 5.92 Å². The van der Waals surface area contributed by atoms with Gasteiger partial charge in [0.2, 0.25) is 5.78 Å². The molecule has 0 saturated carbocycles. The van der Waals surface area contributed by atoms with Crippen molar-refractivity contribution in [3.8, 4) is 11.5 Å². The number of carbonyl (C=O) groups excluding carboxylic acids is 2. The first kappa shape index (κ1) is 25.1. The first-order valence-electron chi connectivity index (χ1n) is 12.1.